The highest BCUT2D eigenvalue weighted by Crippen LogP contribution is 2.38. The number of alkyl halides is 3. The van der Waals surface area contributed by atoms with Crippen molar-refractivity contribution in [2.75, 3.05) is 38.5 Å². The minimum absolute atomic E-state index is 0.0485. The number of anilines is 1. The van der Waals surface area contributed by atoms with E-state index in [2.05, 4.69) is 55.3 Å². The third-order valence-electron chi connectivity index (χ3n) is 6.68. The maximum absolute atomic E-state index is 12.9. The Labute approximate surface area is 234 Å². The van der Waals surface area contributed by atoms with Gasteiger partial charge in [0.25, 0.3) is 5.91 Å². The number of aromatic amines is 1. The summed E-state index contributed by atoms with van der Waals surface area (Å²) >= 11 is -0.191. The van der Waals surface area contributed by atoms with Crippen LogP contribution in [0, 0.1) is 18.8 Å². The van der Waals surface area contributed by atoms with Gasteiger partial charge in [-0.15, -0.1) is 0 Å². The van der Waals surface area contributed by atoms with Gasteiger partial charge in [0.2, 0.25) is 0 Å². The predicted octanol–water partition coefficient (Wildman–Crippen LogP) is 5.28. The number of halogens is 3. The summed E-state index contributed by atoms with van der Waals surface area (Å²) in [6, 6.07) is 11.8. The average molecular weight is 565 g/mol. The minimum Gasteiger partial charge on any atom is -0.322 e. The number of piperazine rings is 1. The van der Waals surface area contributed by atoms with E-state index in [9.17, 15) is 18.0 Å². The zero-order valence-electron chi connectivity index (χ0n) is 22.0. The van der Waals surface area contributed by atoms with Gasteiger partial charge in [0.15, 0.2) is 0 Å². The molecule has 2 aromatic heterocycles. The van der Waals surface area contributed by atoms with Crippen LogP contribution < -0.4 is 5.32 Å². The fraction of sp³-hybridized carbons (Fsp3) is 0.276. The van der Waals surface area contributed by atoms with E-state index in [4.69, 9.17) is 0 Å². The van der Waals surface area contributed by atoms with Crippen LogP contribution >= 0.6 is 11.8 Å². The standard InChI is InChI=1S/C29H27F3N6OS/c1-19-13-23(5-4-21(19)18-38-11-9-37(2)10-12-38)34-28(39)22-14-20(16-33-17-22)3-7-26-25-15-24(40-29(30,31)32)6-8-27(25)36-35-26/h4-6,8,13-17H,9-12,18H2,1-2H3,(H,34,39)(H,35,36). The quantitative estimate of drug-likeness (QED) is 0.254. The van der Waals surface area contributed by atoms with Gasteiger partial charge >= 0.3 is 5.51 Å². The van der Waals surface area contributed by atoms with Crippen LogP contribution in [0.2, 0.25) is 0 Å². The Morgan fingerprint density at radius 1 is 1.07 bits per heavy atom. The van der Waals surface area contributed by atoms with Crippen LogP contribution in [0.3, 0.4) is 0 Å². The highest BCUT2D eigenvalue weighted by Gasteiger charge is 2.29. The molecular weight excluding hydrogens is 537 g/mol. The number of carbonyl (C=O) groups excluding carboxylic acids is 1. The molecule has 1 amide bonds. The molecule has 5 rings (SSSR count). The van der Waals surface area contributed by atoms with Crippen molar-refractivity contribution in [1.82, 2.24) is 25.0 Å². The number of aromatic nitrogens is 3. The Balaban J connectivity index is 1.27. The summed E-state index contributed by atoms with van der Waals surface area (Å²) in [4.78, 5) is 21.9. The lowest BCUT2D eigenvalue weighted by Crippen LogP contribution is -2.43. The normalized spacial score (nSPS) is 14.6. The third-order valence-corrected chi connectivity index (χ3v) is 7.40. The first-order valence-electron chi connectivity index (χ1n) is 12.7. The molecule has 0 spiro atoms. The van der Waals surface area contributed by atoms with E-state index < -0.39 is 5.51 Å². The van der Waals surface area contributed by atoms with Crippen molar-refractivity contribution in [3.63, 3.8) is 0 Å². The second-order valence-electron chi connectivity index (χ2n) is 9.71. The highest BCUT2D eigenvalue weighted by molar-refractivity contribution is 8.00. The second-order valence-corrected chi connectivity index (χ2v) is 10.9. The number of aryl methyl sites for hydroxylation is 1. The van der Waals surface area contributed by atoms with E-state index in [1.165, 1.54) is 36.2 Å². The monoisotopic (exact) mass is 564 g/mol. The van der Waals surface area contributed by atoms with Gasteiger partial charge in [-0.2, -0.15) is 18.3 Å². The van der Waals surface area contributed by atoms with Gasteiger partial charge < -0.3 is 10.2 Å². The number of fused-ring (bicyclic) bond motifs is 1. The maximum atomic E-state index is 12.9. The molecule has 11 heteroatoms. The summed E-state index contributed by atoms with van der Waals surface area (Å²) in [6.45, 7) is 7.12. The third kappa shape index (κ3) is 7.01. The molecular formula is C29H27F3N6OS. The number of nitrogens with zero attached hydrogens (tertiary/aromatic N) is 4. The molecule has 0 unspecified atom stereocenters. The highest BCUT2D eigenvalue weighted by atomic mass is 32.2. The molecule has 206 valence electrons. The van der Waals surface area contributed by atoms with E-state index in [0.29, 0.717) is 33.4 Å². The van der Waals surface area contributed by atoms with Gasteiger partial charge in [0.1, 0.15) is 5.69 Å². The number of rotatable bonds is 5. The smallest absolute Gasteiger partial charge is 0.322 e. The molecule has 4 aromatic rings. The Bertz CT molecular complexity index is 1600. The number of nitrogens with one attached hydrogen (secondary N) is 2. The van der Waals surface area contributed by atoms with Gasteiger partial charge in [0, 0.05) is 66.7 Å². The van der Waals surface area contributed by atoms with E-state index in [1.54, 1.807) is 6.07 Å². The first kappa shape index (κ1) is 27.7. The van der Waals surface area contributed by atoms with Crippen molar-refractivity contribution in [3.05, 3.63) is 82.8 Å². The van der Waals surface area contributed by atoms with Gasteiger partial charge in [-0.3, -0.25) is 19.8 Å². The predicted molar refractivity (Wildman–Crippen MR) is 150 cm³/mol. The molecule has 0 bridgehead atoms. The van der Waals surface area contributed by atoms with E-state index in [1.807, 2.05) is 19.1 Å². The van der Waals surface area contributed by atoms with Crippen molar-refractivity contribution in [2.24, 2.45) is 0 Å². The van der Waals surface area contributed by atoms with Crippen LogP contribution in [0.5, 0.6) is 0 Å². The molecule has 0 aliphatic carbocycles. The number of likely N-dealkylation sites (N-methyl/N-ethyl adjacent to an activating group) is 1. The van der Waals surface area contributed by atoms with Crippen molar-refractivity contribution in [1.29, 1.82) is 0 Å². The van der Waals surface area contributed by atoms with Crippen molar-refractivity contribution < 1.29 is 18.0 Å². The molecule has 1 aliphatic rings. The molecule has 3 heterocycles. The van der Waals surface area contributed by atoms with Crippen LogP contribution in [0.15, 0.2) is 59.8 Å². The van der Waals surface area contributed by atoms with Gasteiger partial charge in [-0.1, -0.05) is 12.0 Å². The Morgan fingerprint density at radius 3 is 2.62 bits per heavy atom. The SMILES string of the molecule is Cc1cc(NC(=O)c2cncc(C#Cc3[nH]nc4ccc(SC(F)(F)F)cc34)c2)ccc1CN1CCN(C)CC1. The largest absolute Gasteiger partial charge is 0.446 e. The number of pyridine rings is 1. The van der Waals surface area contributed by atoms with Crippen LogP contribution in [0.1, 0.15) is 32.7 Å². The average Bonchev–Trinajstić information content (AvgIpc) is 3.31. The first-order valence-corrected chi connectivity index (χ1v) is 13.5. The molecule has 1 fully saturated rings. The van der Waals surface area contributed by atoms with Crippen molar-refractivity contribution >= 4 is 34.3 Å². The molecule has 1 saturated heterocycles. The van der Waals surface area contributed by atoms with Crippen LogP contribution in [-0.4, -0.2) is 69.6 Å². The lowest BCUT2D eigenvalue weighted by Gasteiger charge is -2.32. The Kier molecular flexibility index (Phi) is 8.12. The van der Waals surface area contributed by atoms with Gasteiger partial charge in [-0.05, 0) is 79.2 Å². The fourth-order valence-electron chi connectivity index (χ4n) is 4.45. The number of thioether (sulfide) groups is 1. The lowest BCUT2D eigenvalue weighted by molar-refractivity contribution is -0.0328. The van der Waals surface area contributed by atoms with E-state index in [0.717, 1.165) is 38.3 Å². The fourth-order valence-corrected chi connectivity index (χ4v) is 5.03. The molecule has 2 N–H and O–H groups in total. The Hall–Kier alpha value is -3.85. The summed E-state index contributed by atoms with van der Waals surface area (Å²) in [7, 11) is 2.14. The summed E-state index contributed by atoms with van der Waals surface area (Å²) in [6.07, 6.45) is 2.98. The number of hydrogen-bond donors (Lipinski definition) is 2. The number of hydrogen-bond acceptors (Lipinski definition) is 6. The molecule has 1 aliphatic heterocycles. The number of benzene rings is 2. The van der Waals surface area contributed by atoms with Crippen LogP contribution in [0.25, 0.3) is 10.9 Å². The number of amides is 1. The zero-order valence-corrected chi connectivity index (χ0v) is 22.8. The first-order chi connectivity index (χ1) is 19.1. The summed E-state index contributed by atoms with van der Waals surface area (Å²) in [5.41, 5.74) is 0.349. The zero-order chi connectivity index (χ0) is 28.3. The molecule has 0 atom stereocenters. The number of H-pyrrole nitrogens is 1. The van der Waals surface area contributed by atoms with Crippen LogP contribution in [-0.2, 0) is 6.54 Å². The molecule has 40 heavy (non-hydrogen) atoms. The second kappa shape index (κ2) is 11.7. The summed E-state index contributed by atoms with van der Waals surface area (Å²) < 4.78 is 38.3. The van der Waals surface area contributed by atoms with E-state index >= 15 is 0 Å². The molecule has 7 nitrogen and oxygen atoms in total. The van der Waals surface area contributed by atoms with Gasteiger partial charge in [-0.25, -0.2) is 0 Å². The summed E-state index contributed by atoms with van der Waals surface area (Å²) in [5.74, 6) is 5.51. The van der Waals surface area contributed by atoms with Crippen molar-refractivity contribution in [2.45, 2.75) is 23.9 Å². The van der Waals surface area contributed by atoms with Crippen LogP contribution in [0.4, 0.5) is 18.9 Å². The molecule has 2 aromatic carbocycles. The molecule has 0 radical (unpaired) electrons. The Morgan fingerprint density at radius 2 is 1.88 bits per heavy atom. The number of carbonyl (C=O) groups is 1. The summed E-state index contributed by atoms with van der Waals surface area (Å²) in [5, 5.41) is 10.3. The van der Waals surface area contributed by atoms with Crippen molar-refractivity contribution in [3.8, 4) is 11.8 Å². The van der Waals surface area contributed by atoms with Gasteiger partial charge in [0.05, 0.1) is 11.1 Å². The van der Waals surface area contributed by atoms with E-state index in [-0.39, 0.29) is 22.6 Å². The topological polar surface area (TPSA) is 77.1 Å². The maximum Gasteiger partial charge on any atom is 0.446 e. The molecule has 0 saturated carbocycles. The lowest BCUT2D eigenvalue weighted by atomic mass is 10.1. The minimum atomic E-state index is -4.39.